The quantitative estimate of drug-likeness (QED) is 0.525. The van der Waals surface area contributed by atoms with Crippen LogP contribution in [0.15, 0.2) is 30.3 Å². The van der Waals surface area contributed by atoms with E-state index in [0.717, 1.165) is 5.75 Å². The Labute approximate surface area is 86.6 Å². The highest BCUT2D eigenvalue weighted by Crippen LogP contribution is 2.09. The lowest BCUT2D eigenvalue weighted by Crippen LogP contribution is -2.03. The molecule has 1 aromatic carbocycles. The van der Waals surface area contributed by atoms with Crippen molar-refractivity contribution >= 4 is 28.8 Å². The highest BCUT2D eigenvalue weighted by Gasteiger charge is 1.92. The average Bonchev–Trinajstić information content (AvgIpc) is 2.19. The molecule has 5 heteroatoms. The Balaban J connectivity index is 0.000000671. The topological polar surface area (TPSA) is 70.1 Å². The van der Waals surface area contributed by atoms with Crippen molar-refractivity contribution in [3.8, 4) is 0 Å². The molecule has 0 unspecified atom stereocenters. The van der Waals surface area contributed by atoms with E-state index < -0.39 is 0 Å². The van der Waals surface area contributed by atoms with Gasteiger partial charge in [-0.05, 0) is 5.56 Å². The van der Waals surface area contributed by atoms with Crippen molar-refractivity contribution in [1.29, 1.82) is 5.41 Å². The van der Waals surface area contributed by atoms with E-state index in [1.807, 2.05) is 30.3 Å². The molecule has 72 valence electrons. The van der Waals surface area contributed by atoms with E-state index in [1.54, 1.807) is 0 Å². The molecule has 4 N–H and O–H groups in total. The van der Waals surface area contributed by atoms with Gasteiger partial charge in [0, 0.05) is 5.75 Å². The van der Waals surface area contributed by atoms with Gasteiger partial charge in [-0.1, -0.05) is 42.1 Å². The molecule has 0 saturated heterocycles. The van der Waals surface area contributed by atoms with E-state index >= 15 is 0 Å². The van der Waals surface area contributed by atoms with Gasteiger partial charge in [0.05, 0.1) is 11.9 Å². The van der Waals surface area contributed by atoms with Crippen LogP contribution in [0.2, 0.25) is 0 Å². The Morgan fingerprint density at radius 2 is 1.92 bits per heavy atom. The van der Waals surface area contributed by atoms with E-state index in [1.165, 1.54) is 17.3 Å². The molecule has 0 spiro atoms. The maximum Gasteiger partial charge on any atom is 0.151 e. The van der Waals surface area contributed by atoms with E-state index in [9.17, 15) is 0 Å². The average molecular weight is 219 g/mol. The Morgan fingerprint density at radius 3 is 2.38 bits per heavy atom. The van der Waals surface area contributed by atoms with Crippen molar-refractivity contribution in [2.75, 3.05) is 0 Å². The predicted molar refractivity (Wildman–Crippen MR) is 57.7 cm³/mol. The molecule has 0 amide bonds. The summed E-state index contributed by atoms with van der Waals surface area (Å²) in [7, 11) is 0. The van der Waals surface area contributed by atoms with Gasteiger partial charge in [0.25, 0.3) is 0 Å². The standard InChI is InChI=1S/C8H10N2S.ClHO/c9-8(10)11-6-7-4-2-1-3-5-7;1-2/h1-5H,6H2,(H3,9,10);2H. The number of hydrogen-bond acceptors (Lipinski definition) is 3. The highest BCUT2D eigenvalue weighted by molar-refractivity contribution is 8.13. The minimum absolute atomic E-state index is 0.175. The second-order valence-corrected chi connectivity index (χ2v) is 3.16. The van der Waals surface area contributed by atoms with Crippen LogP contribution in [0, 0.1) is 5.41 Å². The molecule has 0 aromatic heterocycles. The summed E-state index contributed by atoms with van der Waals surface area (Å²) in [6, 6.07) is 9.99. The first kappa shape index (κ1) is 12.3. The van der Waals surface area contributed by atoms with Gasteiger partial charge >= 0.3 is 0 Å². The first-order valence-corrected chi connectivity index (χ1v) is 4.79. The van der Waals surface area contributed by atoms with Crippen LogP contribution in [-0.2, 0) is 5.75 Å². The summed E-state index contributed by atoms with van der Waals surface area (Å²) < 4.78 is 6.47. The Hall–Kier alpha value is -0.710. The summed E-state index contributed by atoms with van der Waals surface area (Å²) in [5.41, 5.74) is 6.39. The summed E-state index contributed by atoms with van der Waals surface area (Å²) in [6.07, 6.45) is 0. The lowest BCUT2D eigenvalue weighted by atomic mass is 10.2. The number of nitrogens with one attached hydrogen (secondary N) is 1. The number of halogens is 1. The molecular weight excluding hydrogens is 208 g/mol. The van der Waals surface area contributed by atoms with Crippen LogP contribution in [0.4, 0.5) is 0 Å². The molecule has 0 saturated carbocycles. The van der Waals surface area contributed by atoms with Crippen molar-refractivity contribution in [2.24, 2.45) is 5.73 Å². The molecule has 0 bridgehead atoms. The minimum Gasteiger partial charge on any atom is -0.379 e. The predicted octanol–water partition coefficient (Wildman–Crippen LogP) is 1.95. The molecule has 1 aromatic rings. The van der Waals surface area contributed by atoms with Crippen molar-refractivity contribution < 1.29 is 4.66 Å². The summed E-state index contributed by atoms with van der Waals surface area (Å²) in [5, 5.41) is 7.16. The molecule has 0 aliphatic rings. The SMILES string of the molecule is N=C(N)SCc1ccccc1.OCl. The van der Waals surface area contributed by atoms with Gasteiger partial charge in [0.2, 0.25) is 0 Å². The zero-order valence-electron chi connectivity index (χ0n) is 6.90. The lowest BCUT2D eigenvalue weighted by Gasteiger charge is -1.97. The van der Waals surface area contributed by atoms with Crippen molar-refractivity contribution in [1.82, 2.24) is 0 Å². The van der Waals surface area contributed by atoms with E-state index in [2.05, 4.69) is 11.9 Å². The summed E-state index contributed by atoms with van der Waals surface area (Å²) in [4.78, 5) is 0. The van der Waals surface area contributed by atoms with Crippen LogP contribution >= 0.6 is 23.6 Å². The van der Waals surface area contributed by atoms with E-state index in [4.69, 9.17) is 15.8 Å². The summed E-state index contributed by atoms with van der Waals surface area (Å²) in [6.45, 7) is 0. The molecule has 0 heterocycles. The molecule has 13 heavy (non-hydrogen) atoms. The van der Waals surface area contributed by atoms with Gasteiger partial charge in [0.1, 0.15) is 0 Å². The highest BCUT2D eigenvalue weighted by atomic mass is 35.5. The number of amidine groups is 1. The Kier molecular flexibility index (Phi) is 7.48. The maximum absolute atomic E-state index is 6.98. The fourth-order valence-electron chi connectivity index (χ4n) is 0.735. The van der Waals surface area contributed by atoms with Crippen LogP contribution in [0.25, 0.3) is 0 Å². The fraction of sp³-hybridized carbons (Fsp3) is 0.125. The molecule has 0 radical (unpaired) electrons. The van der Waals surface area contributed by atoms with Gasteiger partial charge in [-0.3, -0.25) is 10.1 Å². The molecule has 0 atom stereocenters. The van der Waals surface area contributed by atoms with Crippen LogP contribution in [0.5, 0.6) is 0 Å². The Bertz CT molecular complexity index is 243. The Morgan fingerprint density at radius 1 is 1.38 bits per heavy atom. The van der Waals surface area contributed by atoms with Gasteiger partial charge in [0.15, 0.2) is 5.17 Å². The zero-order valence-corrected chi connectivity index (χ0v) is 8.48. The third-order valence-electron chi connectivity index (χ3n) is 1.24. The van der Waals surface area contributed by atoms with Crippen LogP contribution in [-0.4, -0.2) is 9.83 Å². The monoisotopic (exact) mass is 218 g/mol. The largest absolute Gasteiger partial charge is 0.379 e. The van der Waals surface area contributed by atoms with Crippen LogP contribution < -0.4 is 5.73 Å². The molecule has 0 aliphatic carbocycles. The lowest BCUT2D eigenvalue weighted by molar-refractivity contribution is 0.632. The van der Waals surface area contributed by atoms with Gasteiger partial charge < -0.3 is 5.73 Å². The number of nitrogens with two attached hydrogens (primary N) is 1. The van der Waals surface area contributed by atoms with Crippen molar-refractivity contribution in [2.45, 2.75) is 5.75 Å². The molecular formula is C8H11ClN2OS. The number of hydrogen-bond donors (Lipinski definition) is 3. The summed E-state index contributed by atoms with van der Waals surface area (Å²) in [5.74, 6) is 0.788. The molecule has 0 aliphatic heterocycles. The molecule has 1 rings (SSSR count). The number of thioether (sulfide) groups is 1. The third kappa shape index (κ3) is 6.45. The van der Waals surface area contributed by atoms with Crippen molar-refractivity contribution in [3.05, 3.63) is 35.9 Å². The third-order valence-corrected chi connectivity index (χ3v) is 2.03. The second kappa shape index (κ2) is 7.91. The maximum atomic E-state index is 6.98. The van der Waals surface area contributed by atoms with Crippen LogP contribution in [0.1, 0.15) is 5.56 Å². The summed E-state index contributed by atoms with van der Waals surface area (Å²) >= 11 is 4.98. The van der Waals surface area contributed by atoms with Crippen LogP contribution in [0.3, 0.4) is 0 Å². The molecule has 3 nitrogen and oxygen atoms in total. The second-order valence-electron chi connectivity index (χ2n) is 2.14. The smallest absolute Gasteiger partial charge is 0.151 e. The van der Waals surface area contributed by atoms with Crippen molar-refractivity contribution in [3.63, 3.8) is 0 Å². The van der Waals surface area contributed by atoms with E-state index in [0.29, 0.717) is 0 Å². The van der Waals surface area contributed by atoms with Gasteiger partial charge in [-0.15, -0.1) is 0 Å². The fourth-order valence-corrected chi connectivity index (χ4v) is 1.25. The zero-order chi connectivity index (χ0) is 10.1. The molecule has 0 fully saturated rings. The van der Waals surface area contributed by atoms with Gasteiger partial charge in [-0.25, -0.2) is 0 Å². The normalized spacial score (nSPS) is 8.46. The van der Waals surface area contributed by atoms with E-state index in [-0.39, 0.29) is 5.17 Å². The van der Waals surface area contributed by atoms with Gasteiger partial charge in [-0.2, -0.15) is 0 Å². The number of rotatable bonds is 2. The number of benzene rings is 1. The first-order chi connectivity index (χ1) is 6.29. The first-order valence-electron chi connectivity index (χ1n) is 3.46. The minimum atomic E-state index is 0.175.